The van der Waals surface area contributed by atoms with Crippen molar-refractivity contribution < 1.29 is 4.79 Å². The predicted molar refractivity (Wildman–Crippen MR) is 109 cm³/mol. The van der Waals surface area contributed by atoms with E-state index in [0.717, 1.165) is 34.8 Å². The molecule has 0 aliphatic heterocycles. The number of nitrogens with zero attached hydrogens (tertiary/aromatic N) is 4. The number of hydrogen-bond donors (Lipinski definition) is 2. The van der Waals surface area contributed by atoms with Gasteiger partial charge in [0, 0.05) is 23.5 Å². The smallest absolute Gasteiger partial charge is 0.257 e. The quantitative estimate of drug-likeness (QED) is 0.686. The number of carbonyl (C=O) groups excluding carboxylic acids is 1. The summed E-state index contributed by atoms with van der Waals surface area (Å²) in [5, 5.41) is 15.5. The summed E-state index contributed by atoms with van der Waals surface area (Å²) in [6.07, 6.45) is 9.30. The van der Waals surface area contributed by atoms with E-state index in [9.17, 15) is 4.79 Å². The standard InChI is InChI=1S/C21H28N6O/c1-13(2)27-20-18(12-22-27)17(9-14(3)23-20)21(28)24-19-11-16(25-26-19)10-15-7-5-4-6-8-15/h9,11-13,15H,4-8,10H2,1-3H3,(H2,24,25,26,28). The van der Waals surface area contributed by atoms with Crippen LogP contribution in [0.4, 0.5) is 5.82 Å². The molecule has 28 heavy (non-hydrogen) atoms. The van der Waals surface area contributed by atoms with Crippen molar-refractivity contribution in [3.63, 3.8) is 0 Å². The summed E-state index contributed by atoms with van der Waals surface area (Å²) in [4.78, 5) is 17.5. The van der Waals surface area contributed by atoms with E-state index in [-0.39, 0.29) is 11.9 Å². The Morgan fingerprint density at radius 2 is 2.07 bits per heavy atom. The number of amides is 1. The zero-order valence-electron chi connectivity index (χ0n) is 16.8. The zero-order chi connectivity index (χ0) is 19.7. The van der Waals surface area contributed by atoms with Crippen LogP contribution in [0.15, 0.2) is 18.3 Å². The molecule has 0 bridgehead atoms. The molecule has 2 N–H and O–H groups in total. The molecule has 1 fully saturated rings. The molecule has 7 nitrogen and oxygen atoms in total. The highest BCUT2D eigenvalue weighted by atomic mass is 16.1. The Bertz CT molecular complexity index is 980. The van der Waals surface area contributed by atoms with Gasteiger partial charge in [-0.25, -0.2) is 9.67 Å². The van der Waals surface area contributed by atoms with Crippen molar-refractivity contribution in [2.45, 2.75) is 65.3 Å². The minimum Gasteiger partial charge on any atom is -0.305 e. The number of anilines is 1. The lowest BCUT2D eigenvalue weighted by atomic mass is 9.86. The van der Waals surface area contributed by atoms with Gasteiger partial charge in [-0.3, -0.25) is 9.89 Å². The molecule has 0 spiro atoms. The van der Waals surface area contributed by atoms with Crippen molar-refractivity contribution in [1.82, 2.24) is 25.0 Å². The lowest BCUT2D eigenvalue weighted by Gasteiger charge is -2.20. The average molecular weight is 380 g/mol. The van der Waals surface area contributed by atoms with Gasteiger partial charge in [0.1, 0.15) is 0 Å². The van der Waals surface area contributed by atoms with Crippen LogP contribution in [0.3, 0.4) is 0 Å². The lowest BCUT2D eigenvalue weighted by molar-refractivity contribution is 0.102. The van der Waals surface area contributed by atoms with Crippen LogP contribution in [0.5, 0.6) is 0 Å². The number of rotatable bonds is 5. The molecule has 3 heterocycles. The van der Waals surface area contributed by atoms with Crippen LogP contribution in [0.1, 0.15) is 73.7 Å². The molecule has 3 aromatic rings. The molecule has 3 aromatic heterocycles. The third kappa shape index (κ3) is 3.79. The van der Waals surface area contributed by atoms with Crippen LogP contribution in [0, 0.1) is 12.8 Å². The van der Waals surface area contributed by atoms with Gasteiger partial charge in [0.2, 0.25) is 0 Å². The van der Waals surface area contributed by atoms with Crippen molar-refractivity contribution in [2.24, 2.45) is 5.92 Å². The third-order valence-electron chi connectivity index (χ3n) is 5.53. The average Bonchev–Trinajstić information content (AvgIpc) is 3.28. The summed E-state index contributed by atoms with van der Waals surface area (Å²) < 4.78 is 1.84. The number of H-pyrrole nitrogens is 1. The molecule has 1 saturated carbocycles. The number of pyridine rings is 1. The van der Waals surface area contributed by atoms with E-state index >= 15 is 0 Å². The Kier molecular flexibility index (Phi) is 5.15. The first-order chi connectivity index (χ1) is 13.5. The summed E-state index contributed by atoms with van der Waals surface area (Å²) >= 11 is 0. The minimum atomic E-state index is -0.186. The number of carbonyl (C=O) groups is 1. The topological polar surface area (TPSA) is 88.5 Å². The van der Waals surface area contributed by atoms with Gasteiger partial charge in [-0.15, -0.1) is 0 Å². The van der Waals surface area contributed by atoms with Gasteiger partial charge in [0.25, 0.3) is 5.91 Å². The second-order valence-electron chi connectivity index (χ2n) is 8.17. The Morgan fingerprint density at radius 3 is 2.82 bits per heavy atom. The summed E-state index contributed by atoms with van der Waals surface area (Å²) in [5.41, 5.74) is 3.19. The molecule has 0 atom stereocenters. The molecule has 148 valence electrons. The van der Waals surface area contributed by atoms with E-state index in [0.29, 0.717) is 11.4 Å². The van der Waals surface area contributed by atoms with E-state index in [4.69, 9.17) is 0 Å². The largest absolute Gasteiger partial charge is 0.305 e. The number of nitrogens with one attached hydrogen (secondary N) is 2. The minimum absolute atomic E-state index is 0.177. The number of fused-ring (bicyclic) bond motifs is 1. The maximum absolute atomic E-state index is 12.9. The lowest BCUT2D eigenvalue weighted by Crippen LogP contribution is -2.13. The number of aromatic nitrogens is 5. The monoisotopic (exact) mass is 380 g/mol. The summed E-state index contributed by atoms with van der Waals surface area (Å²) in [6.45, 7) is 5.99. The molecular weight excluding hydrogens is 352 g/mol. The molecule has 1 aliphatic carbocycles. The maximum atomic E-state index is 12.9. The van der Waals surface area contributed by atoms with Gasteiger partial charge in [-0.1, -0.05) is 32.1 Å². The van der Waals surface area contributed by atoms with Crippen molar-refractivity contribution in [3.8, 4) is 0 Å². The molecule has 0 unspecified atom stereocenters. The molecular formula is C21H28N6O. The molecule has 7 heteroatoms. The summed E-state index contributed by atoms with van der Waals surface area (Å²) in [6, 6.07) is 3.94. The molecule has 1 amide bonds. The maximum Gasteiger partial charge on any atom is 0.257 e. The van der Waals surface area contributed by atoms with Gasteiger partial charge >= 0.3 is 0 Å². The van der Waals surface area contributed by atoms with Crippen molar-refractivity contribution >= 4 is 22.8 Å². The Labute approximate surface area is 164 Å². The fourth-order valence-corrected chi connectivity index (χ4v) is 4.13. The van der Waals surface area contributed by atoms with Crippen molar-refractivity contribution in [3.05, 3.63) is 35.3 Å². The SMILES string of the molecule is Cc1cc(C(=O)Nc2cc(CC3CCCCC3)[nH]n2)c2cnn(C(C)C)c2n1. The molecule has 1 aliphatic rings. The van der Waals surface area contributed by atoms with Crippen LogP contribution < -0.4 is 5.32 Å². The summed E-state index contributed by atoms with van der Waals surface area (Å²) in [5.74, 6) is 1.10. The normalized spacial score (nSPS) is 15.4. The Hall–Kier alpha value is -2.70. The number of aryl methyl sites for hydroxylation is 1. The highest BCUT2D eigenvalue weighted by Crippen LogP contribution is 2.27. The Morgan fingerprint density at radius 1 is 1.29 bits per heavy atom. The zero-order valence-corrected chi connectivity index (χ0v) is 16.8. The molecule has 0 radical (unpaired) electrons. The second kappa shape index (κ2) is 7.73. The third-order valence-corrected chi connectivity index (χ3v) is 5.53. The van der Waals surface area contributed by atoms with Gasteiger partial charge in [-0.05, 0) is 39.2 Å². The molecule has 0 aromatic carbocycles. The Balaban J connectivity index is 1.52. The summed E-state index contributed by atoms with van der Waals surface area (Å²) in [7, 11) is 0. The van der Waals surface area contributed by atoms with Crippen LogP contribution in [-0.4, -0.2) is 30.9 Å². The van der Waals surface area contributed by atoms with Crippen molar-refractivity contribution in [2.75, 3.05) is 5.32 Å². The van der Waals surface area contributed by atoms with E-state index < -0.39 is 0 Å². The van der Waals surface area contributed by atoms with E-state index in [1.165, 1.54) is 32.1 Å². The first kappa shape index (κ1) is 18.7. The van der Waals surface area contributed by atoms with Crippen LogP contribution in [0.2, 0.25) is 0 Å². The van der Waals surface area contributed by atoms with Gasteiger partial charge in [0.05, 0.1) is 17.1 Å². The van der Waals surface area contributed by atoms with Crippen LogP contribution in [-0.2, 0) is 6.42 Å². The van der Waals surface area contributed by atoms with E-state index in [1.807, 2.05) is 31.5 Å². The van der Waals surface area contributed by atoms with Crippen molar-refractivity contribution in [1.29, 1.82) is 0 Å². The first-order valence-electron chi connectivity index (χ1n) is 10.2. The van der Waals surface area contributed by atoms with Crippen LogP contribution >= 0.6 is 0 Å². The fraction of sp³-hybridized carbons (Fsp3) is 0.524. The second-order valence-corrected chi connectivity index (χ2v) is 8.17. The number of hydrogen-bond acceptors (Lipinski definition) is 4. The molecule has 4 rings (SSSR count). The fourth-order valence-electron chi connectivity index (χ4n) is 4.13. The number of aromatic amines is 1. The van der Waals surface area contributed by atoms with Gasteiger partial charge in [-0.2, -0.15) is 10.2 Å². The predicted octanol–water partition coefficient (Wildman–Crippen LogP) is 4.42. The van der Waals surface area contributed by atoms with E-state index in [1.54, 1.807) is 12.3 Å². The first-order valence-corrected chi connectivity index (χ1v) is 10.2. The van der Waals surface area contributed by atoms with Gasteiger partial charge < -0.3 is 5.32 Å². The van der Waals surface area contributed by atoms with Gasteiger partial charge in [0.15, 0.2) is 11.5 Å². The molecule has 0 saturated heterocycles. The van der Waals surface area contributed by atoms with E-state index in [2.05, 4.69) is 25.6 Å². The highest BCUT2D eigenvalue weighted by molar-refractivity contribution is 6.11. The highest BCUT2D eigenvalue weighted by Gasteiger charge is 2.19. The van der Waals surface area contributed by atoms with Crippen LogP contribution in [0.25, 0.3) is 11.0 Å².